The molecular formula is C13H22N2O3S. The third-order valence-electron chi connectivity index (χ3n) is 3.35. The van der Waals surface area contributed by atoms with Crippen LogP contribution in [0.15, 0.2) is 24.3 Å². The number of nitrogens with one attached hydrogen (secondary N) is 1. The highest BCUT2D eigenvalue weighted by atomic mass is 32.2. The lowest BCUT2D eigenvalue weighted by Crippen LogP contribution is -2.47. The normalized spacial score (nSPS) is 14.2. The molecule has 19 heavy (non-hydrogen) atoms. The van der Waals surface area contributed by atoms with Gasteiger partial charge in [0.25, 0.3) is 0 Å². The second-order valence-corrected chi connectivity index (χ2v) is 7.54. The minimum Gasteiger partial charge on any atom is -0.494 e. The molecule has 0 aliphatic rings. The van der Waals surface area contributed by atoms with Gasteiger partial charge in [0.15, 0.2) is 9.84 Å². The summed E-state index contributed by atoms with van der Waals surface area (Å²) in [6, 6.07) is 6.75. The highest BCUT2D eigenvalue weighted by molar-refractivity contribution is 7.92. The molecule has 1 aromatic carbocycles. The fourth-order valence-corrected chi connectivity index (χ4v) is 2.51. The van der Waals surface area contributed by atoms with Gasteiger partial charge in [-0.2, -0.15) is 0 Å². The molecule has 0 fully saturated rings. The van der Waals surface area contributed by atoms with E-state index in [0.717, 1.165) is 5.56 Å². The zero-order valence-corrected chi connectivity index (χ0v) is 12.6. The molecule has 1 aromatic rings. The Labute approximate surface area is 115 Å². The standard InChI is InChI=1S/C13H22N2O3S/c1-5-18-11-9-7-6-8-10(11)12(15-14)13(2,3)19(4,16)17/h6-9,12,15H,5,14H2,1-4H3. The molecule has 1 atom stereocenters. The Balaban J connectivity index is 3.32. The van der Waals surface area contributed by atoms with E-state index in [1.807, 2.05) is 31.2 Å². The molecule has 5 nitrogen and oxygen atoms in total. The third kappa shape index (κ3) is 3.26. The molecule has 3 N–H and O–H groups in total. The Bertz CT molecular complexity index is 526. The molecule has 0 saturated heterocycles. The third-order valence-corrected chi connectivity index (χ3v) is 5.49. The number of sulfone groups is 1. The first kappa shape index (κ1) is 15.9. The predicted octanol–water partition coefficient (Wildman–Crippen LogP) is 1.41. The van der Waals surface area contributed by atoms with E-state index < -0.39 is 20.6 Å². The highest BCUT2D eigenvalue weighted by Gasteiger charge is 2.40. The van der Waals surface area contributed by atoms with Crippen LogP contribution in [-0.2, 0) is 9.84 Å². The minimum atomic E-state index is -3.29. The van der Waals surface area contributed by atoms with Crippen LogP contribution in [0.25, 0.3) is 0 Å². The van der Waals surface area contributed by atoms with Crippen LogP contribution in [0.3, 0.4) is 0 Å². The van der Waals surface area contributed by atoms with Gasteiger partial charge in [0.2, 0.25) is 0 Å². The number of rotatable bonds is 6. The number of hydrogen-bond acceptors (Lipinski definition) is 5. The molecule has 108 valence electrons. The highest BCUT2D eigenvalue weighted by Crippen LogP contribution is 2.36. The maximum absolute atomic E-state index is 12.0. The van der Waals surface area contributed by atoms with Gasteiger partial charge < -0.3 is 4.74 Å². The minimum absolute atomic E-state index is 0.508. The van der Waals surface area contributed by atoms with Crippen LogP contribution >= 0.6 is 0 Å². The Kier molecular flexibility index (Phi) is 4.95. The number of para-hydroxylation sites is 1. The van der Waals surface area contributed by atoms with Gasteiger partial charge in [-0.1, -0.05) is 18.2 Å². The molecule has 1 rings (SSSR count). The number of nitrogens with two attached hydrogens (primary N) is 1. The van der Waals surface area contributed by atoms with Crippen molar-refractivity contribution in [2.75, 3.05) is 12.9 Å². The molecule has 0 aromatic heterocycles. The fraction of sp³-hybridized carbons (Fsp3) is 0.538. The van der Waals surface area contributed by atoms with Gasteiger partial charge in [-0.25, -0.2) is 8.42 Å². The van der Waals surface area contributed by atoms with Crippen molar-refractivity contribution in [3.8, 4) is 5.75 Å². The smallest absolute Gasteiger partial charge is 0.154 e. The summed E-state index contributed by atoms with van der Waals surface area (Å²) in [7, 11) is -3.29. The zero-order valence-electron chi connectivity index (χ0n) is 11.8. The van der Waals surface area contributed by atoms with Crippen molar-refractivity contribution in [2.45, 2.75) is 31.6 Å². The van der Waals surface area contributed by atoms with Crippen molar-refractivity contribution in [3.05, 3.63) is 29.8 Å². The van der Waals surface area contributed by atoms with Crippen molar-refractivity contribution < 1.29 is 13.2 Å². The average Bonchev–Trinajstić information content (AvgIpc) is 2.31. The van der Waals surface area contributed by atoms with Crippen LogP contribution < -0.4 is 16.0 Å². The van der Waals surface area contributed by atoms with Crippen LogP contribution in [-0.4, -0.2) is 26.0 Å². The summed E-state index contributed by atoms with van der Waals surface area (Å²) in [6.07, 6.45) is 1.21. The maximum atomic E-state index is 12.0. The van der Waals surface area contributed by atoms with Crippen LogP contribution in [0.2, 0.25) is 0 Å². The van der Waals surface area contributed by atoms with E-state index in [1.54, 1.807) is 13.8 Å². The maximum Gasteiger partial charge on any atom is 0.154 e. The largest absolute Gasteiger partial charge is 0.494 e. The molecule has 0 heterocycles. The van der Waals surface area contributed by atoms with E-state index in [0.29, 0.717) is 12.4 Å². The summed E-state index contributed by atoms with van der Waals surface area (Å²) in [5.41, 5.74) is 3.34. The van der Waals surface area contributed by atoms with Gasteiger partial charge in [-0.15, -0.1) is 0 Å². The average molecular weight is 286 g/mol. The quantitative estimate of drug-likeness (QED) is 0.610. The van der Waals surface area contributed by atoms with Gasteiger partial charge in [0, 0.05) is 11.8 Å². The molecule has 0 saturated carbocycles. The summed E-state index contributed by atoms with van der Waals surface area (Å²) in [5.74, 6) is 6.23. The second kappa shape index (κ2) is 5.90. The molecule has 0 bridgehead atoms. The number of hydrogen-bond donors (Lipinski definition) is 2. The van der Waals surface area contributed by atoms with Crippen LogP contribution in [0.1, 0.15) is 32.4 Å². The molecule has 1 unspecified atom stereocenters. The molecule has 6 heteroatoms. The Hall–Kier alpha value is -1.11. The van der Waals surface area contributed by atoms with Crippen LogP contribution in [0, 0.1) is 0 Å². The van der Waals surface area contributed by atoms with Gasteiger partial charge in [0.05, 0.1) is 17.4 Å². The predicted molar refractivity (Wildman–Crippen MR) is 76.6 cm³/mol. The first-order valence-electron chi connectivity index (χ1n) is 6.13. The topological polar surface area (TPSA) is 81.4 Å². The van der Waals surface area contributed by atoms with Crippen LogP contribution in [0.4, 0.5) is 0 Å². The molecule has 0 spiro atoms. The van der Waals surface area contributed by atoms with E-state index >= 15 is 0 Å². The lowest BCUT2D eigenvalue weighted by Gasteiger charge is -2.33. The zero-order chi connectivity index (χ0) is 14.7. The first-order chi connectivity index (χ1) is 8.75. The Morgan fingerprint density at radius 1 is 1.37 bits per heavy atom. The van der Waals surface area contributed by atoms with Gasteiger partial charge in [0.1, 0.15) is 5.75 Å². The van der Waals surface area contributed by atoms with Gasteiger partial charge in [-0.3, -0.25) is 11.3 Å². The van der Waals surface area contributed by atoms with E-state index in [9.17, 15) is 8.42 Å². The van der Waals surface area contributed by atoms with Crippen molar-refractivity contribution in [1.29, 1.82) is 0 Å². The fourth-order valence-electron chi connectivity index (χ4n) is 1.88. The number of benzene rings is 1. The lowest BCUT2D eigenvalue weighted by atomic mass is 9.95. The van der Waals surface area contributed by atoms with E-state index in [2.05, 4.69) is 5.43 Å². The van der Waals surface area contributed by atoms with Gasteiger partial charge >= 0.3 is 0 Å². The number of hydrazine groups is 1. The van der Waals surface area contributed by atoms with E-state index in [4.69, 9.17) is 10.6 Å². The number of ether oxygens (including phenoxy) is 1. The van der Waals surface area contributed by atoms with Gasteiger partial charge in [-0.05, 0) is 26.8 Å². The summed E-state index contributed by atoms with van der Waals surface area (Å²) >= 11 is 0. The SMILES string of the molecule is CCOc1ccccc1C(NN)C(C)(C)S(C)(=O)=O. The van der Waals surface area contributed by atoms with Crippen molar-refractivity contribution in [1.82, 2.24) is 5.43 Å². The monoisotopic (exact) mass is 286 g/mol. The summed E-state index contributed by atoms with van der Waals surface area (Å²) in [6.45, 7) is 5.68. The molecule has 0 radical (unpaired) electrons. The van der Waals surface area contributed by atoms with E-state index in [1.165, 1.54) is 6.26 Å². The molecule has 0 aliphatic heterocycles. The van der Waals surface area contributed by atoms with Crippen molar-refractivity contribution in [3.63, 3.8) is 0 Å². The summed E-state index contributed by atoms with van der Waals surface area (Å²) < 4.78 is 28.4. The second-order valence-electron chi connectivity index (χ2n) is 4.95. The van der Waals surface area contributed by atoms with Crippen molar-refractivity contribution >= 4 is 9.84 Å². The lowest BCUT2D eigenvalue weighted by molar-refractivity contribution is 0.325. The molecule has 0 aliphatic carbocycles. The van der Waals surface area contributed by atoms with Crippen molar-refractivity contribution in [2.24, 2.45) is 5.84 Å². The molecular weight excluding hydrogens is 264 g/mol. The Morgan fingerprint density at radius 2 is 1.95 bits per heavy atom. The molecule has 0 amide bonds. The van der Waals surface area contributed by atoms with E-state index in [-0.39, 0.29) is 0 Å². The summed E-state index contributed by atoms with van der Waals surface area (Å²) in [5, 5.41) is 0. The van der Waals surface area contributed by atoms with Crippen LogP contribution in [0.5, 0.6) is 5.75 Å². The summed E-state index contributed by atoms with van der Waals surface area (Å²) in [4.78, 5) is 0. The Morgan fingerprint density at radius 3 is 2.42 bits per heavy atom. The first-order valence-corrected chi connectivity index (χ1v) is 8.02.